The number of fused-ring (bicyclic) bond motifs is 1. The molecule has 0 spiro atoms. The summed E-state index contributed by atoms with van der Waals surface area (Å²) in [7, 11) is 0. The first kappa shape index (κ1) is 18.6. The van der Waals surface area contributed by atoms with Gasteiger partial charge in [-0.2, -0.15) is 9.50 Å². The normalized spacial score (nSPS) is 11.0. The highest BCUT2D eigenvalue weighted by atomic mass is 16.2. The molecule has 0 aliphatic carbocycles. The molecule has 4 aromatic rings. The predicted molar refractivity (Wildman–Crippen MR) is 112 cm³/mol. The van der Waals surface area contributed by atoms with Crippen LogP contribution in [-0.2, 0) is 11.3 Å². The minimum atomic E-state index is -0.279. The lowest BCUT2D eigenvalue weighted by Gasteiger charge is -2.11. The molecule has 0 saturated heterocycles. The van der Waals surface area contributed by atoms with Gasteiger partial charge in [0.25, 0.3) is 5.56 Å². The fourth-order valence-electron chi connectivity index (χ4n) is 3.10. The molecule has 2 aromatic carbocycles. The fourth-order valence-corrected chi connectivity index (χ4v) is 3.10. The first-order chi connectivity index (χ1) is 13.9. The summed E-state index contributed by atoms with van der Waals surface area (Å²) in [6.07, 6.45) is 0. The van der Waals surface area contributed by atoms with Crippen LogP contribution in [0.25, 0.3) is 17.2 Å². The summed E-state index contributed by atoms with van der Waals surface area (Å²) < 4.78 is 2.93. The van der Waals surface area contributed by atoms with Gasteiger partial charge < -0.3 is 9.88 Å². The maximum Gasteiger partial charge on any atom is 0.275 e. The molecular weight excluding hydrogens is 366 g/mol. The lowest BCUT2D eigenvalue weighted by molar-refractivity contribution is -0.116. The Morgan fingerprint density at radius 1 is 0.966 bits per heavy atom. The molecular formula is C22H21N5O2. The van der Waals surface area contributed by atoms with Crippen molar-refractivity contribution in [3.8, 4) is 11.4 Å². The lowest BCUT2D eigenvalue weighted by Crippen LogP contribution is -2.25. The Balaban J connectivity index is 1.69. The summed E-state index contributed by atoms with van der Waals surface area (Å²) >= 11 is 0. The molecule has 0 atom stereocenters. The third kappa shape index (κ3) is 3.80. The summed E-state index contributed by atoms with van der Waals surface area (Å²) in [6.45, 7) is 5.79. The van der Waals surface area contributed by atoms with Crippen molar-refractivity contribution < 1.29 is 4.79 Å². The summed E-state index contributed by atoms with van der Waals surface area (Å²) in [5, 5.41) is 7.23. The average molecular weight is 387 g/mol. The van der Waals surface area contributed by atoms with Gasteiger partial charge in [-0.15, -0.1) is 5.10 Å². The molecule has 0 aliphatic rings. The number of hydrogen-bond acceptors (Lipinski definition) is 4. The number of nitrogens with zero attached hydrogens (tertiary/aromatic N) is 4. The van der Waals surface area contributed by atoms with Crippen molar-refractivity contribution in [3.05, 3.63) is 81.8 Å². The summed E-state index contributed by atoms with van der Waals surface area (Å²) in [4.78, 5) is 29.5. The zero-order valence-corrected chi connectivity index (χ0v) is 16.5. The van der Waals surface area contributed by atoms with E-state index in [0.717, 1.165) is 22.4 Å². The first-order valence-corrected chi connectivity index (χ1v) is 9.31. The van der Waals surface area contributed by atoms with Crippen LogP contribution in [0.4, 0.5) is 5.69 Å². The van der Waals surface area contributed by atoms with Gasteiger partial charge in [0.1, 0.15) is 6.54 Å². The summed E-state index contributed by atoms with van der Waals surface area (Å²) in [6, 6.07) is 16.8. The van der Waals surface area contributed by atoms with Gasteiger partial charge in [-0.05, 0) is 32.9 Å². The quantitative estimate of drug-likeness (QED) is 0.583. The number of aryl methyl sites for hydroxylation is 3. The number of benzene rings is 2. The summed E-state index contributed by atoms with van der Waals surface area (Å²) in [5.41, 5.74) is 4.14. The highest BCUT2D eigenvalue weighted by Gasteiger charge is 2.15. The van der Waals surface area contributed by atoms with Gasteiger partial charge in [-0.25, -0.2) is 0 Å². The van der Waals surface area contributed by atoms with E-state index >= 15 is 0 Å². The molecule has 0 bridgehead atoms. The fraction of sp³-hybridized carbons (Fsp3) is 0.182. The maximum absolute atomic E-state index is 12.6. The average Bonchev–Trinajstić information content (AvgIpc) is 3.13. The number of carbonyl (C=O) groups excluding carboxylic acids is 1. The Kier molecular flexibility index (Phi) is 4.72. The molecule has 2 aromatic heterocycles. The van der Waals surface area contributed by atoms with Crippen LogP contribution >= 0.6 is 0 Å². The maximum atomic E-state index is 12.6. The van der Waals surface area contributed by atoms with Gasteiger partial charge in [0, 0.05) is 23.0 Å². The molecule has 0 saturated carbocycles. The highest BCUT2D eigenvalue weighted by Crippen LogP contribution is 2.17. The van der Waals surface area contributed by atoms with Gasteiger partial charge in [0.2, 0.25) is 11.7 Å². The number of rotatable bonds is 4. The number of anilines is 1. The van der Waals surface area contributed by atoms with Crippen molar-refractivity contribution in [2.45, 2.75) is 27.3 Å². The Morgan fingerprint density at radius 3 is 2.24 bits per heavy atom. The molecule has 0 aliphatic heterocycles. The van der Waals surface area contributed by atoms with Crippen molar-refractivity contribution >= 4 is 17.4 Å². The van der Waals surface area contributed by atoms with Crippen LogP contribution in [-0.4, -0.2) is 25.1 Å². The molecule has 0 radical (unpaired) electrons. The van der Waals surface area contributed by atoms with Crippen molar-refractivity contribution in [1.29, 1.82) is 0 Å². The lowest BCUT2D eigenvalue weighted by atomic mass is 10.1. The molecule has 1 amide bonds. The topological polar surface area (TPSA) is 81.3 Å². The number of carbonyl (C=O) groups is 1. The van der Waals surface area contributed by atoms with Crippen LogP contribution in [0, 0.1) is 20.8 Å². The van der Waals surface area contributed by atoms with E-state index in [1.807, 2.05) is 62.4 Å². The predicted octanol–water partition coefficient (Wildman–Crippen LogP) is 3.12. The third-order valence-corrected chi connectivity index (χ3v) is 4.75. The Bertz CT molecular complexity index is 1250. The second kappa shape index (κ2) is 7.35. The van der Waals surface area contributed by atoms with Gasteiger partial charge >= 0.3 is 0 Å². The van der Waals surface area contributed by atoms with Crippen molar-refractivity contribution in [2.75, 3.05) is 5.32 Å². The molecule has 1 N–H and O–H groups in total. The molecule has 4 rings (SSSR count). The number of aromatic nitrogens is 4. The molecule has 0 fully saturated rings. The molecule has 7 nitrogen and oxygen atoms in total. The van der Waals surface area contributed by atoms with E-state index in [9.17, 15) is 9.59 Å². The number of nitrogens with one attached hydrogen (secondary N) is 1. The van der Waals surface area contributed by atoms with E-state index in [0.29, 0.717) is 17.3 Å². The van der Waals surface area contributed by atoms with E-state index in [2.05, 4.69) is 15.4 Å². The molecule has 0 unspecified atom stereocenters. The first-order valence-electron chi connectivity index (χ1n) is 9.31. The Morgan fingerprint density at radius 2 is 1.59 bits per heavy atom. The number of hydrogen-bond donors (Lipinski definition) is 1. The van der Waals surface area contributed by atoms with E-state index in [1.165, 1.54) is 10.6 Å². The van der Waals surface area contributed by atoms with Gasteiger partial charge in [-0.3, -0.25) is 9.59 Å². The van der Waals surface area contributed by atoms with Crippen LogP contribution in [0.15, 0.2) is 59.4 Å². The van der Waals surface area contributed by atoms with E-state index in [-0.39, 0.29) is 18.0 Å². The minimum Gasteiger partial charge on any atom is -0.325 e. The SMILES string of the molecule is Cc1ccc(NC(=O)Cn2c(C)cc(=O)n3nc(-c4ccc(C)cc4)nc23)cc1. The van der Waals surface area contributed by atoms with Gasteiger partial charge in [0.15, 0.2) is 5.82 Å². The summed E-state index contributed by atoms with van der Waals surface area (Å²) in [5.74, 6) is 0.576. The largest absolute Gasteiger partial charge is 0.325 e. The van der Waals surface area contributed by atoms with Crippen LogP contribution < -0.4 is 10.9 Å². The van der Waals surface area contributed by atoms with E-state index < -0.39 is 0 Å². The number of amides is 1. The van der Waals surface area contributed by atoms with Crippen LogP contribution in [0.5, 0.6) is 0 Å². The second-order valence-electron chi connectivity index (χ2n) is 7.14. The van der Waals surface area contributed by atoms with E-state index in [1.54, 1.807) is 11.5 Å². The van der Waals surface area contributed by atoms with Crippen LogP contribution in [0.3, 0.4) is 0 Å². The Labute approximate surface area is 167 Å². The monoisotopic (exact) mass is 387 g/mol. The molecule has 7 heteroatoms. The van der Waals surface area contributed by atoms with Crippen LogP contribution in [0.1, 0.15) is 16.8 Å². The van der Waals surface area contributed by atoms with Gasteiger partial charge in [-0.1, -0.05) is 47.5 Å². The molecule has 2 heterocycles. The van der Waals surface area contributed by atoms with Crippen molar-refractivity contribution in [3.63, 3.8) is 0 Å². The van der Waals surface area contributed by atoms with Crippen molar-refractivity contribution in [1.82, 2.24) is 19.2 Å². The van der Waals surface area contributed by atoms with Crippen molar-refractivity contribution in [2.24, 2.45) is 0 Å². The Hall–Kier alpha value is -3.74. The zero-order valence-electron chi connectivity index (χ0n) is 16.5. The second-order valence-corrected chi connectivity index (χ2v) is 7.14. The standard InChI is InChI=1S/C22H21N5O2/c1-14-4-8-17(9-5-14)21-24-22-26(16(3)12-20(29)27(22)25-21)13-19(28)23-18-10-6-15(2)7-11-18/h4-12H,13H2,1-3H3,(H,23,28). The highest BCUT2D eigenvalue weighted by molar-refractivity contribution is 5.90. The van der Waals surface area contributed by atoms with Gasteiger partial charge in [0.05, 0.1) is 0 Å². The molecule has 29 heavy (non-hydrogen) atoms. The van der Waals surface area contributed by atoms with Crippen LogP contribution in [0.2, 0.25) is 0 Å². The third-order valence-electron chi connectivity index (χ3n) is 4.75. The smallest absolute Gasteiger partial charge is 0.275 e. The minimum absolute atomic E-state index is 0.0233. The zero-order chi connectivity index (χ0) is 20.5. The van der Waals surface area contributed by atoms with E-state index in [4.69, 9.17) is 0 Å². The molecule has 146 valence electrons.